The molecule has 24 heavy (non-hydrogen) atoms. The summed E-state index contributed by atoms with van der Waals surface area (Å²) in [5, 5.41) is 7.71. The molecule has 1 aromatic heterocycles. The Kier molecular flexibility index (Phi) is 7.52. The van der Waals surface area contributed by atoms with Gasteiger partial charge in [-0.05, 0) is 51.2 Å². The number of ether oxygens (including phenoxy) is 1. The molecule has 1 unspecified atom stereocenters. The van der Waals surface area contributed by atoms with Crippen molar-refractivity contribution in [2.24, 2.45) is 0 Å². The van der Waals surface area contributed by atoms with Crippen molar-refractivity contribution >= 4 is 23.3 Å². The maximum absolute atomic E-state index is 11.9. The summed E-state index contributed by atoms with van der Waals surface area (Å²) in [4.78, 5) is 27.1. The maximum Gasteiger partial charge on any atom is 0.314 e. The highest BCUT2D eigenvalue weighted by Crippen LogP contribution is 2.27. The number of amides is 2. The molecule has 0 aliphatic carbocycles. The molecule has 1 saturated heterocycles. The SMILES string of the molecule is CC(C)OC(=O)CCNC(=O)NCC(c1cccs1)N1CCCC1. The predicted octanol–water partition coefficient (Wildman–Crippen LogP) is 2.53. The largest absolute Gasteiger partial charge is 0.463 e. The van der Waals surface area contributed by atoms with Crippen LogP contribution < -0.4 is 10.6 Å². The molecule has 6 nitrogen and oxygen atoms in total. The fourth-order valence-electron chi connectivity index (χ4n) is 2.80. The summed E-state index contributed by atoms with van der Waals surface area (Å²) in [5.74, 6) is -0.293. The van der Waals surface area contributed by atoms with Crippen molar-refractivity contribution in [3.05, 3.63) is 22.4 Å². The molecule has 0 radical (unpaired) electrons. The lowest BCUT2D eigenvalue weighted by molar-refractivity contribution is -0.147. The highest BCUT2D eigenvalue weighted by atomic mass is 32.1. The monoisotopic (exact) mass is 353 g/mol. The van der Waals surface area contributed by atoms with Crippen molar-refractivity contribution in [2.75, 3.05) is 26.2 Å². The van der Waals surface area contributed by atoms with Gasteiger partial charge < -0.3 is 15.4 Å². The van der Waals surface area contributed by atoms with Gasteiger partial charge in [-0.25, -0.2) is 4.79 Å². The molecule has 0 saturated carbocycles. The zero-order valence-electron chi connectivity index (χ0n) is 14.4. The van der Waals surface area contributed by atoms with Crippen LogP contribution in [0.4, 0.5) is 4.79 Å². The van der Waals surface area contributed by atoms with Gasteiger partial charge in [-0.1, -0.05) is 6.07 Å². The molecule has 0 aromatic carbocycles. The number of hydrogen-bond donors (Lipinski definition) is 2. The van der Waals surface area contributed by atoms with E-state index < -0.39 is 0 Å². The molecule has 2 amide bonds. The minimum Gasteiger partial charge on any atom is -0.463 e. The Balaban J connectivity index is 1.73. The third-order valence-electron chi connectivity index (χ3n) is 3.89. The third kappa shape index (κ3) is 6.13. The molecule has 134 valence electrons. The fourth-order valence-corrected chi connectivity index (χ4v) is 3.66. The highest BCUT2D eigenvalue weighted by Gasteiger charge is 2.24. The van der Waals surface area contributed by atoms with E-state index in [0.717, 1.165) is 13.1 Å². The number of nitrogens with zero attached hydrogens (tertiary/aromatic N) is 1. The molecule has 0 spiro atoms. The van der Waals surface area contributed by atoms with Crippen molar-refractivity contribution in [3.8, 4) is 0 Å². The number of carbonyl (C=O) groups excluding carboxylic acids is 2. The summed E-state index contributed by atoms with van der Waals surface area (Å²) < 4.78 is 5.03. The Labute approximate surface area is 147 Å². The average Bonchev–Trinajstić information content (AvgIpc) is 3.20. The third-order valence-corrected chi connectivity index (χ3v) is 4.86. The number of rotatable bonds is 8. The number of carbonyl (C=O) groups is 2. The van der Waals surface area contributed by atoms with Crippen LogP contribution in [0.5, 0.6) is 0 Å². The predicted molar refractivity (Wildman–Crippen MR) is 95.1 cm³/mol. The second-order valence-corrected chi connectivity index (χ2v) is 7.18. The Hall–Kier alpha value is -1.60. The summed E-state index contributed by atoms with van der Waals surface area (Å²) in [6, 6.07) is 4.15. The van der Waals surface area contributed by atoms with Gasteiger partial charge in [0.1, 0.15) is 0 Å². The Morgan fingerprint density at radius 3 is 2.67 bits per heavy atom. The number of urea groups is 1. The van der Waals surface area contributed by atoms with Crippen molar-refractivity contribution in [3.63, 3.8) is 0 Å². The summed E-state index contributed by atoms with van der Waals surface area (Å²) in [7, 11) is 0. The topological polar surface area (TPSA) is 70.7 Å². The van der Waals surface area contributed by atoms with Crippen LogP contribution in [0.15, 0.2) is 17.5 Å². The van der Waals surface area contributed by atoms with E-state index in [9.17, 15) is 9.59 Å². The van der Waals surface area contributed by atoms with E-state index in [1.165, 1.54) is 17.7 Å². The van der Waals surface area contributed by atoms with Crippen molar-refractivity contribution in [1.29, 1.82) is 0 Å². The second kappa shape index (κ2) is 9.64. The summed E-state index contributed by atoms with van der Waals surface area (Å²) in [5.41, 5.74) is 0. The lowest BCUT2D eigenvalue weighted by Crippen LogP contribution is -2.42. The van der Waals surface area contributed by atoms with E-state index in [4.69, 9.17) is 4.74 Å². The standard InChI is InChI=1S/C17H27N3O3S/c1-13(2)23-16(21)7-8-18-17(22)19-12-14(15-6-5-11-24-15)20-9-3-4-10-20/h5-6,11,13-14H,3-4,7-10,12H2,1-2H3,(H2,18,19,22). The van der Waals surface area contributed by atoms with Crippen LogP contribution in [0.3, 0.4) is 0 Å². The van der Waals surface area contributed by atoms with Crippen molar-refractivity contribution in [1.82, 2.24) is 15.5 Å². The summed E-state index contributed by atoms with van der Waals surface area (Å²) >= 11 is 1.72. The normalized spacial score (nSPS) is 16.1. The lowest BCUT2D eigenvalue weighted by Gasteiger charge is -2.26. The van der Waals surface area contributed by atoms with Crippen molar-refractivity contribution < 1.29 is 14.3 Å². The van der Waals surface area contributed by atoms with E-state index in [1.54, 1.807) is 25.2 Å². The molecule has 7 heteroatoms. The highest BCUT2D eigenvalue weighted by molar-refractivity contribution is 7.10. The number of likely N-dealkylation sites (tertiary alicyclic amines) is 1. The second-order valence-electron chi connectivity index (χ2n) is 6.20. The molecule has 0 bridgehead atoms. The Morgan fingerprint density at radius 1 is 1.29 bits per heavy atom. The molecule has 1 aliphatic rings. The van der Waals surface area contributed by atoms with Crippen LogP contribution in [0.2, 0.25) is 0 Å². The van der Waals surface area contributed by atoms with E-state index >= 15 is 0 Å². The van der Waals surface area contributed by atoms with E-state index in [2.05, 4.69) is 27.0 Å². The first-order chi connectivity index (χ1) is 11.6. The fraction of sp³-hybridized carbons (Fsp3) is 0.647. The van der Waals surface area contributed by atoms with Gasteiger partial charge >= 0.3 is 12.0 Å². The van der Waals surface area contributed by atoms with Crippen LogP contribution in [0, 0.1) is 0 Å². The first-order valence-electron chi connectivity index (χ1n) is 8.55. The quantitative estimate of drug-likeness (QED) is 0.705. The first kappa shape index (κ1) is 18.7. The van der Waals surface area contributed by atoms with Gasteiger partial charge in [0.2, 0.25) is 0 Å². The average molecular weight is 353 g/mol. The van der Waals surface area contributed by atoms with Crippen LogP contribution in [-0.2, 0) is 9.53 Å². The lowest BCUT2D eigenvalue weighted by atomic mass is 10.2. The molecular weight excluding hydrogens is 326 g/mol. The van der Waals surface area contributed by atoms with E-state index in [-0.39, 0.29) is 37.1 Å². The van der Waals surface area contributed by atoms with Crippen molar-refractivity contribution in [2.45, 2.75) is 45.3 Å². The number of nitrogens with one attached hydrogen (secondary N) is 2. The first-order valence-corrected chi connectivity index (χ1v) is 9.43. The smallest absolute Gasteiger partial charge is 0.314 e. The van der Waals surface area contributed by atoms with Gasteiger partial charge in [-0.2, -0.15) is 0 Å². The molecule has 2 N–H and O–H groups in total. The number of hydrogen-bond acceptors (Lipinski definition) is 5. The Bertz CT molecular complexity index is 513. The molecule has 1 fully saturated rings. The maximum atomic E-state index is 11.9. The van der Waals surface area contributed by atoms with Crippen LogP contribution in [0.25, 0.3) is 0 Å². The van der Waals surface area contributed by atoms with Gasteiger partial charge in [0.25, 0.3) is 0 Å². The molecule has 2 rings (SSSR count). The zero-order valence-corrected chi connectivity index (χ0v) is 15.2. The number of thiophene rings is 1. The minimum absolute atomic E-state index is 0.127. The summed E-state index contributed by atoms with van der Waals surface area (Å²) in [6.45, 7) is 6.62. The van der Waals surface area contributed by atoms with Crippen LogP contribution in [-0.4, -0.2) is 49.2 Å². The van der Waals surface area contributed by atoms with E-state index in [0.29, 0.717) is 6.54 Å². The van der Waals surface area contributed by atoms with Gasteiger partial charge in [0.15, 0.2) is 0 Å². The van der Waals surface area contributed by atoms with Crippen LogP contribution in [0.1, 0.15) is 44.0 Å². The van der Waals surface area contributed by atoms with Gasteiger partial charge in [-0.3, -0.25) is 9.69 Å². The van der Waals surface area contributed by atoms with E-state index in [1.807, 2.05) is 6.07 Å². The molecule has 2 heterocycles. The van der Waals surface area contributed by atoms with Crippen LogP contribution >= 0.6 is 11.3 Å². The molecular formula is C17H27N3O3S. The minimum atomic E-state index is -0.293. The Morgan fingerprint density at radius 2 is 2.04 bits per heavy atom. The van der Waals surface area contributed by atoms with Gasteiger partial charge in [-0.15, -0.1) is 11.3 Å². The number of esters is 1. The van der Waals surface area contributed by atoms with Gasteiger partial charge in [0, 0.05) is 18.0 Å². The molecule has 1 aromatic rings. The zero-order chi connectivity index (χ0) is 17.4. The van der Waals surface area contributed by atoms with Gasteiger partial charge in [0.05, 0.1) is 18.6 Å². The summed E-state index contributed by atoms with van der Waals surface area (Å²) in [6.07, 6.45) is 2.49. The molecule has 1 atom stereocenters. The molecule has 1 aliphatic heterocycles.